The van der Waals surface area contributed by atoms with Crippen molar-refractivity contribution in [1.82, 2.24) is 14.5 Å². The predicted octanol–water partition coefficient (Wildman–Crippen LogP) is 4.15. The Bertz CT molecular complexity index is 1030. The van der Waals surface area contributed by atoms with Crippen molar-refractivity contribution in [3.63, 3.8) is 0 Å². The van der Waals surface area contributed by atoms with Gasteiger partial charge in [0.25, 0.3) is 0 Å². The molecular formula is C20H24FN3O2S. The Morgan fingerprint density at radius 1 is 1.11 bits per heavy atom. The standard InChI is InChI=1S/C20H24FN3O2S/c1-3-4-5-6-7-17-12-18-20(22-13-19(23-18)27(2,25)26)24(17)14-15-8-10-16(21)11-9-15/h8-13H,3-7,14H2,1-2H3. The summed E-state index contributed by atoms with van der Waals surface area (Å²) in [5.74, 6) is -0.270. The van der Waals surface area contributed by atoms with E-state index >= 15 is 0 Å². The number of unbranched alkanes of at least 4 members (excludes halogenated alkanes) is 3. The fourth-order valence-electron chi connectivity index (χ4n) is 3.12. The molecule has 0 saturated heterocycles. The number of aromatic nitrogens is 3. The smallest absolute Gasteiger partial charge is 0.194 e. The monoisotopic (exact) mass is 389 g/mol. The van der Waals surface area contributed by atoms with E-state index in [1.165, 1.54) is 31.2 Å². The highest BCUT2D eigenvalue weighted by Gasteiger charge is 2.16. The number of hydrogen-bond donors (Lipinski definition) is 0. The normalized spacial score (nSPS) is 12.0. The highest BCUT2D eigenvalue weighted by molar-refractivity contribution is 7.90. The summed E-state index contributed by atoms with van der Waals surface area (Å²) < 4.78 is 38.8. The van der Waals surface area contributed by atoms with Crippen molar-refractivity contribution in [1.29, 1.82) is 0 Å². The maximum absolute atomic E-state index is 13.2. The highest BCUT2D eigenvalue weighted by atomic mass is 32.2. The Morgan fingerprint density at radius 3 is 2.52 bits per heavy atom. The number of hydrogen-bond acceptors (Lipinski definition) is 4. The van der Waals surface area contributed by atoms with E-state index in [1.807, 2.05) is 10.6 Å². The number of benzene rings is 1. The maximum Gasteiger partial charge on any atom is 0.194 e. The van der Waals surface area contributed by atoms with E-state index in [0.717, 1.165) is 36.8 Å². The van der Waals surface area contributed by atoms with Gasteiger partial charge in [0.1, 0.15) is 11.3 Å². The number of fused-ring (bicyclic) bond motifs is 1. The molecular weight excluding hydrogens is 365 g/mol. The lowest BCUT2D eigenvalue weighted by Crippen LogP contribution is -2.07. The summed E-state index contributed by atoms with van der Waals surface area (Å²) in [4.78, 5) is 8.67. The van der Waals surface area contributed by atoms with Gasteiger partial charge in [-0.15, -0.1) is 0 Å². The van der Waals surface area contributed by atoms with Gasteiger partial charge in [-0.3, -0.25) is 0 Å². The molecule has 0 atom stereocenters. The van der Waals surface area contributed by atoms with Gasteiger partial charge in [-0.25, -0.2) is 22.8 Å². The zero-order chi connectivity index (χ0) is 19.4. The van der Waals surface area contributed by atoms with Crippen LogP contribution in [-0.2, 0) is 22.8 Å². The molecule has 0 fully saturated rings. The number of aryl methyl sites for hydroxylation is 1. The molecule has 0 aliphatic rings. The molecule has 0 aliphatic carbocycles. The van der Waals surface area contributed by atoms with Crippen LogP contribution in [0.3, 0.4) is 0 Å². The van der Waals surface area contributed by atoms with Crippen LogP contribution in [0.2, 0.25) is 0 Å². The van der Waals surface area contributed by atoms with E-state index < -0.39 is 9.84 Å². The predicted molar refractivity (Wildman–Crippen MR) is 104 cm³/mol. The van der Waals surface area contributed by atoms with Crippen molar-refractivity contribution in [3.05, 3.63) is 53.6 Å². The molecule has 5 nitrogen and oxygen atoms in total. The molecule has 0 amide bonds. The van der Waals surface area contributed by atoms with Crippen LogP contribution in [0.15, 0.2) is 41.6 Å². The Balaban J connectivity index is 1.99. The van der Waals surface area contributed by atoms with E-state index in [4.69, 9.17) is 0 Å². The van der Waals surface area contributed by atoms with Gasteiger partial charge in [0, 0.05) is 18.5 Å². The van der Waals surface area contributed by atoms with E-state index in [9.17, 15) is 12.8 Å². The van der Waals surface area contributed by atoms with Crippen LogP contribution in [0.4, 0.5) is 4.39 Å². The summed E-state index contributed by atoms with van der Waals surface area (Å²) in [5, 5.41) is -0.0218. The Labute approximate surface area is 159 Å². The molecule has 0 aliphatic heterocycles. The maximum atomic E-state index is 13.2. The van der Waals surface area contributed by atoms with Gasteiger partial charge in [-0.2, -0.15) is 0 Å². The van der Waals surface area contributed by atoms with Crippen molar-refractivity contribution in [3.8, 4) is 0 Å². The van der Waals surface area contributed by atoms with Crippen molar-refractivity contribution in [2.45, 2.75) is 50.6 Å². The third-order valence-corrected chi connectivity index (χ3v) is 5.54. The first kappa shape index (κ1) is 19.5. The molecule has 144 valence electrons. The van der Waals surface area contributed by atoms with Gasteiger partial charge < -0.3 is 4.57 Å². The largest absolute Gasteiger partial charge is 0.324 e. The number of rotatable bonds is 8. The lowest BCUT2D eigenvalue weighted by Gasteiger charge is -2.10. The molecule has 0 unspecified atom stereocenters. The van der Waals surface area contributed by atoms with Crippen LogP contribution in [0.1, 0.15) is 43.9 Å². The summed E-state index contributed by atoms with van der Waals surface area (Å²) in [7, 11) is -3.41. The van der Waals surface area contributed by atoms with Crippen molar-refractivity contribution >= 4 is 21.0 Å². The first-order valence-electron chi connectivity index (χ1n) is 9.18. The summed E-state index contributed by atoms with van der Waals surface area (Å²) in [6.07, 6.45) is 7.85. The molecule has 1 aromatic carbocycles. The zero-order valence-corrected chi connectivity index (χ0v) is 16.5. The average molecular weight is 389 g/mol. The second-order valence-electron chi connectivity index (χ2n) is 6.85. The molecule has 7 heteroatoms. The molecule has 0 radical (unpaired) electrons. The summed E-state index contributed by atoms with van der Waals surface area (Å²) in [5.41, 5.74) is 3.25. The highest BCUT2D eigenvalue weighted by Crippen LogP contribution is 2.22. The molecule has 0 spiro atoms. The van der Waals surface area contributed by atoms with E-state index in [1.54, 1.807) is 12.1 Å². The lowest BCUT2D eigenvalue weighted by atomic mass is 10.1. The van der Waals surface area contributed by atoms with Gasteiger partial charge in [0.05, 0.1) is 6.20 Å². The number of nitrogens with zero attached hydrogens (tertiary/aromatic N) is 3. The fourth-order valence-corrected chi connectivity index (χ4v) is 3.63. The Morgan fingerprint density at radius 2 is 1.85 bits per heavy atom. The molecule has 2 heterocycles. The first-order valence-corrected chi connectivity index (χ1v) is 11.1. The van der Waals surface area contributed by atoms with Crippen molar-refractivity contribution in [2.75, 3.05) is 6.26 Å². The third kappa shape index (κ3) is 4.71. The van der Waals surface area contributed by atoms with E-state index in [-0.39, 0.29) is 10.8 Å². The molecule has 2 aromatic heterocycles. The quantitative estimate of drug-likeness (QED) is 0.543. The molecule has 0 N–H and O–H groups in total. The molecule has 0 saturated carbocycles. The van der Waals surface area contributed by atoms with Gasteiger partial charge in [-0.05, 0) is 36.6 Å². The molecule has 27 heavy (non-hydrogen) atoms. The molecule has 0 bridgehead atoms. The van der Waals surface area contributed by atoms with Crippen LogP contribution >= 0.6 is 0 Å². The third-order valence-electron chi connectivity index (χ3n) is 4.58. The van der Waals surface area contributed by atoms with E-state index in [2.05, 4.69) is 16.9 Å². The van der Waals surface area contributed by atoms with Crippen LogP contribution < -0.4 is 0 Å². The van der Waals surface area contributed by atoms with Gasteiger partial charge in [0.15, 0.2) is 20.5 Å². The second-order valence-corrected chi connectivity index (χ2v) is 8.81. The average Bonchev–Trinajstić information content (AvgIpc) is 2.97. The van der Waals surface area contributed by atoms with Gasteiger partial charge in [-0.1, -0.05) is 38.3 Å². The summed E-state index contributed by atoms with van der Waals surface area (Å²) in [6.45, 7) is 2.71. The van der Waals surface area contributed by atoms with Crippen molar-refractivity contribution < 1.29 is 12.8 Å². The number of sulfone groups is 1. The van der Waals surface area contributed by atoms with Crippen molar-refractivity contribution in [2.24, 2.45) is 0 Å². The minimum absolute atomic E-state index is 0.0218. The van der Waals surface area contributed by atoms with Crippen LogP contribution in [-0.4, -0.2) is 29.2 Å². The van der Waals surface area contributed by atoms with Gasteiger partial charge in [0.2, 0.25) is 0 Å². The summed E-state index contributed by atoms with van der Waals surface area (Å²) in [6, 6.07) is 8.30. The number of halogens is 1. The zero-order valence-electron chi connectivity index (χ0n) is 15.7. The van der Waals surface area contributed by atoms with Crippen LogP contribution in [0, 0.1) is 5.82 Å². The molecule has 3 rings (SSSR count). The van der Waals surface area contributed by atoms with Gasteiger partial charge >= 0.3 is 0 Å². The Kier molecular flexibility index (Phi) is 5.89. The SMILES string of the molecule is CCCCCCc1cc2nc(S(C)(=O)=O)cnc2n1Cc1ccc(F)cc1. The second kappa shape index (κ2) is 8.17. The van der Waals surface area contributed by atoms with Crippen LogP contribution in [0.5, 0.6) is 0 Å². The lowest BCUT2D eigenvalue weighted by molar-refractivity contribution is 0.598. The minimum Gasteiger partial charge on any atom is -0.324 e. The van der Waals surface area contributed by atoms with E-state index in [0.29, 0.717) is 17.7 Å². The Hall–Kier alpha value is -2.28. The topological polar surface area (TPSA) is 64.8 Å². The fraction of sp³-hybridized carbons (Fsp3) is 0.400. The first-order chi connectivity index (χ1) is 12.9. The summed E-state index contributed by atoms with van der Waals surface area (Å²) >= 11 is 0. The minimum atomic E-state index is -3.41. The van der Waals surface area contributed by atoms with Crippen LogP contribution in [0.25, 0.3) is 11.2 Å². The molecule has 3 aromatic rings.